The molecule has 0 saturated carbocycles. The van der Waals surface area contributed by atoms with Gasteiger partial charge >= 0.3 is 0 Å². The van der Waals surface area contributed by atoms with Crippen LogP contribution in [0.4, 0.5) is 0 Å². The maximum atomic E-state index is 13.5. The third-order valence-electron chi connectivity index (χ3n) is 8.07. The van der Waals surface area contributed by atoms with Crippen LogP contribution in [0.2, 0.25) is 0 Å². The van der Waals surface area contributed by atoms with Crippen molar-refractivity contribution in [3.63, 3.8) is 0 Å². The predicted molar refractivity (Wildman–Crippen MR) is 181 cm³/mol. The minimum Gasteiger partial charge on any atom is -0.508 e. The van der Waals surface area contributed by atoms with E-state index in [0.717, 1.165) is 38.6 Å². The number of hydrogen-bond donors (Lipinski definition) is 5. The second-order valence-electron chi connectivity index (χ2n) is 11.2. The molecule has 1 aliphatic rings. The van der Waals surface area contributed by atoms with Crippen LogP contribution in [-0.2, 0) is 21.7 Å². The van der Waals surface area contributed by atoms with Gasteiger partial charge in [-0.1, -0.05) is 58.0 Å². The molecule has 0 saturated heterocycles. The molecule has 0 spiro atoms. The lowest BCUT2D eigenvalue weighted by Crippen LogP contribution is -2.28. The molecule has 1 aliphatic heterocycles. The average Bonchev–Trinajstić information content (AvgIpc) is 3.03. The number of fused-ring (bicyclic) bond motifs is 5. The molecule has 4 aromatic carbocycles. The van der Waals surface area contributed by atoms with Crippen LogP contribution < -0.4 is 10.1 Å². The number of aromatic hydroxyl groups is 3. The van der Waals surface area contributed by atoms with Crippen molar-refractivity contribution in [1.82, 2.24) is 5.32 Å². The average molecular weight is 650 g/mol. The quantitative estimate of drug-likeness (QED) is 0.116. The summed E-state index contributed by atoms with van der Waals surface area (Å²) in [6.45, 7) is 0. The topological polar surface area (TPSA) is 128 Å². The second-order valence-corrected chi connectivity index (χ2v) is 13.7. The Morgan fingerprint density at radius 1 is 0.933 bits per heavy atom. The zero-order valence-electron chi connectivity index (χ0n) is 25.4. The van der Waals surface area contributed by atoms with Crippen molar-refractivity contribution in [2.75, 3.05) is 19.9 Å². The van der Waals surface area contributed by atoms with E-state index in [9.17, 15) is 25.2 Å². The molecule has 4 aromatic rings. The van der Waals surface area contributed by atoms with E-state index in [1.165, 1.54) is 7.11 Å². The predicted octanol–water partition coefficient (Wildman–Crippen LogP) is 6.86. The van der Waals surface area contributed by atoms with E-state index < -0.39 is 18.4 Å². The lowest BCUT2D eigenvalue weighted by molar-refractivity contribution is -0.124. The number of hydrogen-bond acceptors (Lipinski definition) is 10. The highest BCUT2D eigenvalue weighted by Crippen LogP contribution is 2.45. The Hall–Kier alpha value is -3.41. The van der Waals surface area contributed by atoms with Gasteiger partial charge in [-0.3, -0.25) is 10.1 Å². The maximum absolute atomic E-state index is 13.5. The highest BCUT2D eigenvalue weighted by Gasteiger charge is 2.25. The number of rotatable bonds is 5. The molecular weight excluding hydrogens is 611 g/mol. The van der Waals surface area contributed by atoms with E-state index in [1.807, 2.05) is 30.3 Å². The van der Waals surface area contributed by atoms with Gasteiger partial charge in [0, 0.05) is 29.9 Å². The Balaban J connectivity index is 1.50. The van der Waals surface area contributed by atoms with Crippen molar-refractivity contribution in [3.8, 4) is 34.1 Å². The SMILES string of the molecule is CN[C@H](O[C@H]1CC[C@H](O)CSSCc2c(ccc3ccc(O)cc23)-c2c(ccc(O)c2OC)CCC(=O)C1)c1cccc(O)c1. The van der Waals surface area contributed by atoms with E-state index in [-0.39, 0.29) is 35.9 Å². The zero-order valence-corrected chi connectivity index (χ0v) is 27.0. The van der Waals surface area contributed by atoms with Crippen LogP contribution in [0.3, 0.4) is 0 Å². The number of benzene rings is 4. The van der Waals surface area contributed by atoms with Gasteiger partial charge in [-0.05, 0) is 89.7 Å². The molecule has 45 heavy (non-hydrogen) atoms. The van der Waals surface area contributed by atoms with Crippen molar-refractivity contribution >= 4 is 38.1 Å². The Morgan fingerprint density at radius 2 is 1.73 bits per heavy atom. The molecule has 0 aliphatic carbocycles. The van der Waals surface area contributed by atoms with E-state index >= 15 is 0 Å². The van der Waals surface area contributed by atoms with Gasteiger partial charge in [0.2, 0.25) is 0 Å². The lowest BCUT2D eigenvalue weighted by Gasteiger charge is -2.26. The van der Waals surface area contributed by atoms with Gasteiger partial charge < -0.3 is 29.9 Å². The molecule has 3 atom stereocenters. The Kier molecular flexibility index (Phi) is 11.2. The smallest absolute Gasteiger partial charge is 0.168 e. The normalized spacial score (nSPS) is 19.0. The van der Waals surface area contributed by atoms with E-state index in [4.69, 9.17) is 9.47 Å². The number of aliphatic hydroxyl groups is 1. The molecule has 238 valence electrons. The van der Waals surface area contributed by atoms with Crippen LogP contribution in [0.1, 0.15) is 48.6 Å². The lowest BCUT2D eigenvalue weighted by atomic mass is 9.89. The summed E-state index contributed by atoms with van der Waals surface area (Å²) in [7, 11) is 6.46. The fraction of sp³-hybridized carbons (Fsp3) is 0.343. The van der Waals surface area contributed by atoms with Crippen LogP contribution >= 0.6 is 21.6 Å². The number of methoxy groups -OCH3 is 1. The van der Waals surface area contributed by atoms with Crippen molar-refractivity contribution in [2.45, 2.75) is 56.3 Å². The molecule has 0 amide bonds. The maximum Gasteiger partial charge on any atom is 0.168 e. The molecule has 1 heterocycles. The summed E-state index contributed by atoms with van der Waals surface area (Å²) in [6, 6.07) is 19.5. The zero-order chi connectivity index (χ0) is 31.9. The summed E-state index contributed by atoms with van der Waals surface area (Å²) in [5.41, 5.74) is 4.15. The number of phenolic OH excluding ortho intramolecular Hbond substituents is 3. The fourth-order valence-corrected chi connectivity index (χ4v) is 8.11. The number of aliphatic hydroxyl groups excluding tert-OH is 1. The monoisotopic (exact) mass is 649 g/mol. The number of ether oxygens (including phenoxy) is 2. The third kappa shape index (κ3) is 8.06. The molecular formula is C35H39NO7S2. The summed E-state index contributed by atoms with van der Waals surface area (Å²) < 4.78 is 12.1. The summed E-state index contributed by atoms with van der Waals surface area (Å²) >= 11 is 0. The van der Waals surface area contributed by atoms with Crippen molar-refractivity contribution < 1.29 is 34.7 Å². The number of carbonyl (C=O) groups excluding carboxylic acids is 1. The van der Waals surface area contributed by atoms with E-state index in [0.29, 0.717) is 36.5 Å². The molecule has 5 rings (SSSR count). The van der Waals surface area contributed by atoms with Crippen LogP contribution in [0.15, 0.2) is 66.7 Å². The first-order valence-electron chi connectivity index (χ1n) is 15.0. The van der Waals surface area contributed by atoms with Crippen molar-refractivity contribution in [2.24, 2.45) is 0 Å². The van der Waals surface area contributed by atoms with Gasteiger partial charge in [-0.2, -0.15) is 0 Å². The fourth-order valence-electron chi connectivity index (χ4n) is 5.81. The molecule has 5 N–H and O–H groups in total. The molecule has 0 fully saturated rings. The van der Waals surface area contributed by atoms with Crippen LogP contribution in [0.5, 0.6) is 23.0 Å². The van der Waals surface area contributed by atoms with Crippen LogP contribution in [0, 0.1) is 0 Å². The number of nitrogens with one attached hydrogen (secondary N) is 1. The van der Waals surface area contributed by atoms with Crippen LogP contribution in [-0.4, -0.2) is 58.3 Å². The molecule has 0 radical (unpaired) electrons. The van der Waals surface area contributed by atoms with Gasteiger partial charge in [-0.15, -0.1) is 0 Å². The molecule has 10 heteroatoms. The van der Waals surface area contributed by atoms with Gasteiger partial charge in [0.05, 0.1) is 19.3 Å². The first-order chi connectivity index (χ1) is 21.8. The first-order valence-corrected chi connectivity index (χ1v) is 17.5. The molecule has 8 nitrogen and oxygen atoms in total. The Morgan fingerprint density at radius 3 is 2.51 bits per heavy atom. The molecule has 0 aromatic heterocycles. The minimum absolute atomic E-state index is 0.00241. The number of aryl methyl sites for hydroxylation is 1. The van der Waals surface area contributed by atoms with E-state index in [1.54, 1.807) is 65.0 Å². The number of phenols is 3. The minimum atomic E-state index is -0.598. The standard InChI is InChI=1S/C35H39NO7S2/c1-36-35(23-4-3-5-24(37)16-23)43-28-13-12-27(40)19-44-45-20-31-29(14-8-21-6-10-26(39)18-30(21)31)33-22(7-11-25(38)17-28)9-15-32(41)34(33)42-2/h3-6,8-10,14-16,18,27-28,35-37,39-41H,7,11-13,17,19-20H2,1-2H3/t27-,28-,35+/m0/s1. The van der Waals surface area contributed by atoms with Crippen LogP contribution in [0.25, 0.3) is 21.9 Å². The Labute approximate surface area is 271 Å². The number of carbonyl (C=O) groups is 1. The van der Waals surface area contributed by atoms with Crippen molar-refractivity contribution in [1.29, 1.82) is 0 Å². The van der Waals surface area contributed by atoms with E-state index in [2.05, 4.69) is 5.32 Å². The second kappa shape index (κ2) is 15.2. The largest absolute Gasteiger partial charge is 0.508 e. The number of Topliss-reactive ketones (excluding diaryl/α,β-unsaturated/α-hetero) is 1. The van der Waals surface area contributed by atoms with Gasteiger partial charge in [0.1, 0.15) is 23.5 Å². The third-order valence-corrected chi connectivity index (χ3v) is 10.4. The highest BCUT2D eigenvalue weighted by atomic mass is 33.1. The highest BCUT2D eigenvalue weighted by molar-refractivity contribution is 8.76. The summed E-state index contributed by atoms with van der Waals surface area (Å²) in [5, 5.41) is 47.0. The van der Waals surface area contributed by atoms with Crippen molar-refractivity contribution in [3.05, 3.63) is 83.4 Å². The molecule has 0 bridgehead atoms. The molecule has 0 unspecified atom stereocenters. The van der Waals surface area contributed by atoms with Gasteiger partial charge in [0.25, 0.3) is 0 Å². The van der Waals surface area contributed by atoms with Gasteiger partial charge in [-0.25, -0.2) is 0 Å². The first kappa shape index (κ1) is 33.0. The Bertz CT molecular complexity index is 1650. The summed E-state index contributed by atoms with van der Waals surface area (Å²) in [5.74, 6) is 1.69. The summed E-state index contributed by atoms with van der Waals surface area (Å²) in [4.78, 5) is 13.5. The summed E-state index contributed by atoms with van der Waals surface area (Å²) in [6.07, 6.45) is 0.188. The number of ketones is 1. The van der Waals surface area contributed by atoms with Gasteiger partial charge in [0.15, 0.2) is 11.5 Å².